The van der Waals surface area contributed by atoms with Crippen LogP contribution >= 0.6 is 0 Å². The Morgan fingerprint density at radius 3 is 2.89 bits per heavy atom. The standard InChI is InChI=1S/C10H15N3O6/c1-17-7-6(15)5(3-14)19-9(7)13-4-11-8(12-13)10(16)18-2/h4-7,9,14-15H,3H2,1-2H3/t5-,6-,7-,9-/m1/s1. The molecule has 2 N–H and O–H groups in total. The predicted octanol–water partition coefficient (Wildman–Crippen LogP) is -1.67. The van der Waals surface area contributed by atoms with Gasteiger partial charge in [0.25, 0.3) is 5.82 Å². The highest BCUT2D eigenvalue weighted by Crippen LogP contribution is 2.30. The largest absolute Gasteiger partial charge is 0.463 e. The number of hydrogen-bond donors (Lipinski definition) is 2. The van der Waals surface area contributed by atoms with Crippen molar-refractivity contribution in [1.82, 2.24) is 14.8 Å². The fourth-order valence-corrected chi connectivity index (χ4v) is 1.92. The Morgan fingerprint density at radius 1 is 1.58 bits per heavy atom. The third-order valence-corrected chi connectivity index (χ3v) is 2.90. The number of aliphatic hydroxyl groups excluding tert-OH is 2. The smallest absolute Gasteiger partial charge is 0.377 e. The molecule has 0 spiro atoms. The molecule has 1 aliphatic heterocycles. The minimum absolute atomic E-state index is 0.122. The number of ether oxygens (including phenoxy) is 3. The summed E-state index contributed by atoms with van der Waals surface area (Å²) in [5.74, 6) is -0.798. The van der Waals surface area contributed by atoms with E-state index in [9.17, 15) is 9.90 Å². The van der Waals surface area contributed by atoms with Crippen molar-refractivity contribution in [3.8, 4) is 0 Å². The molecule has 0 bridgehead atoms. The number of rotatable bonds is 4. The average molecular weight is 273 g/mol. The van der Waals surface area contributed by atoms with Crippen molar-refractivity contribution in [1.29, 1.82) is 0 Å². The third kappa shape index (κ3) is 2.45. The van der Waals surface area contributed by atoms with Gasteiger partial charge in [0.05, 0.1) is 13.7 Å². The monoisotopic (exact) mass is 273 g/mol. The molecule has 9 heteroatoms. The molecule has 1 aromatic rings. The van der Waals surface area contributed by atoms with E-state index in [1.54, 1.807) is 0 Å². The van der Waals surface area contributed by atoms with Crippen LogP contribution in [0.1, 0.15) is 16.8 Å². The maximum absolute atomic E-state index is 11.3. The molecular formula is C10H15N3O6. The molecule has 0 unspecified atom stereocenters. The van der Waals surface area contributed by atoms with E-state index < -0.39 is 30.5 Å². The summed E-state index contributed by atoms with van der Waals surface area (Å²) in [5, 5.41) is 22.9. The fourth-order valence-electron chi connectivity index (χ4n) is 1.92. The molecule has 1 saturated heterocycles. The molecule has 1 aliphatic rings. The van der Waals surface area contributed by atoms with E-state index in [0.717, 1.165) is 0 Å². The normalized spacial score (nSPS) is 30.5. The van der Waals surface area contributed by atoms with Crippen molar-refractivity contribution in [3.63, 3.8) is 0 Å². The van der Waals surface area contributed by atoms with Crippen LogP contribution in [0.2, 0.25) is 0 Å². The number of hydrogen-bond acceptors (Lipinski definition) is 8. The topological polar surface area (TPSA) is 116 Å². The maximum atomic E-state index is 11.3. The summed E-state index contributed by atoms with van der Waals surface area (Å²) < 4.78 is 16.3. The van der Waals surface area contributed by atoms with E-state index in [4.69, 9.17) is 14.6 Å². The number of nitrogens with zero attached hydrogens (tertiary/aromatic N) is 3. The van der Waals surface area contributed by atoms with Gasteiger partial charge >= 0.3 is 5.97 Å². The molecule has 4 atom stereocenters. The van der Waals surface area contributed by atoms with E-state index in [1.165, 1.54) is 25.2 Å². The Bertz CT molecular complexity index is 450. The fraction of sp³-hybridized carbons (Fsp3) is 0.700. The van der Waals surface area contributed by atoms with Gasteiger partial charge in [0.2, 0.25) is 0 Å². The Balaban J connectivity index is 2.21. The van der Waals surface area contributed by atoms with Crippen LogP contribution in [-0.4, -0.2) is 70.1 Å². The SMILES string of the molecule is COC(=O)c1ncn([C@@H]2O[C@H](CO)[C@@H](O)[C@H]2OC)n1. The lowest BCUT2D eigenvalue weighted by Crippen LogP contribution is -2.34. The van der Waals surface area contributed by atoms with Crippen molar-refractivity contribution in [2.24, 2.45) is 0 Å². The van der Waals surface area contributed by atoms with Gasteiger partial charge in [0.1, 0.15) is 24.6 Å². The Morgan fingerprint density at radius 2 is 2.32 bits per heavy atom. The van der Waals surface area contributed by atoms with Gasteiger partial charge in [0.15, 0.2) is 6.23 Å². The second kappa shape index (κ2) is 5.61. The van der Waals surface area contributed by atoms with Crippen LogP contribution in [0.15, 0.2) is 6.33 Å². The van der Waals surface area contributed by atoms with Crippen LogP contribution in [0.4, 0.5) is 0 Å². The third-order valence-electron chi connectivity index (χ3n) is 2.90. The van der Waals surface area contributed by atoms with Crippen LogP contribution in [-0.2, 0) is 14.2 Å². The van der Waals surface area contributed by atoms with E-state index in [2.05, 4.69) is 14.8 Å². The van der Waals surface area contributed by atoms with E-state index >= 15 is 0 Å². The van der Waals surface area contributed by atoms with E-state index in [0.29, 0.717) is 0 Å². The second-order valence-corrected chi connectivity index (χ2v) is 3.98. The van der Waals surface area contributed by atoms with Crippen molar-refractivity contribution in [2.45, 2.75) is 24.5 Å². The highest BCUT2D eigenvalue weighted by molar-refractivity contribution is 5.84. The van der Waals surface area contributed by atoms with Crippen molar-refractivity contribution in [3.05, 3.63) is 12.2 Å². The summed E-state index contributed by atoms with van der Waals surface area (Å²) in [4.78, 5) is 15.0. The lowest BCUT2D eigenvalue weighted by Gasteiger charge is -2.18. The number of esters is 1. The first-order valence-electron chi connectivity index (χ1n) is 5.59. The summed E-state index contributed by atoms with van der Waals surface area (Å²) in [6, 6.07) is 0. The minimum Gasteiger partial charge on any atom is -0.463 e. The van der Waals surface area contributed by atoms with Gasteiger partial charge in [-0.25, -0.2) is 14.5 Å². The zero-order valence-corrected chi connectivity index (χ0v) is 10.5. The van der Waals surface area contributed by atoms with Crippen LogP contribution in [0, 0.1) is 0 Å². The van der Waals surface area contributed by atoms with Gasteiger partial charge in [-0.3, -0.25) is 0 Å². The lowest BCUT2D eigenvalue weighted by molar-refractivity contribution is -0.0666. The molecule has 2 heterocycles. The number of aromatic nitrogens is 3. The van der Waals surface area contributed by atoms with Crippen LogP contribution in [0.25, 0.3) is 0 Å². The van der Waals surface area contributed by atoms with Gasteiger partial charge in [-0.2, -0.15) is 0 Å². The van der Waals surface area contributed by atoms with Crippen molar-refractivity contribution >= 4 is 5.97 Å². The molecule has 1 fully saturated rings. The summed E-state index contributed by atoms with van der Waals surface area (Å²) >= 11 is 0. The van der Waals surface area contributed by atoms with Crippen LogP contribution < -0.4 is 0 Å². The molecule has 0 radical (unpaired) electrons. The molecule has 19 heavy (non-hydrogen) atoms. The van der Waals surface area contributed by atoms with Crippen molar-refractivity contribution in [2.75, 3.05) is 20.8 Å². The van der Waals surface area contributed by atoms with E-state index in [-0.39, 0.29) is 12.4 Å². The first-order chi connectivity index (χ1) is 9.12. The molecule has 0 saturated carbocycles. The lowest BCUT2D eigenvalue weighted by atomic mass is 10.1. The molecular weight excluding hydrogens is 258 g/mol. The molecule has 0 aliphatic carbocycles. The molecule has 106 valence electrons. The second-order valence-electron chi connectivity index (χ2n) is 3.98. The molecule has 2 rings (SSSR count). The summed E-state index contributed by atoms with van der Waals surface area (Å²) in [6.45, 7) is -0.351. The van der Waals surface area contributed by atoms with Crippen LogP contribution in [0.5, 0.6) is 0 Å². The Hall–Kier alpha value is -1.55. The van der Waals surface area contributed by atoms with Gasteiger partial charge in [-0.05, 0) is 0 Å². The predicted molar refractivity (Wildman–Crippen MR) is 59.2 cm³/mol. The maximum Gasteiger partial charge on any atom is 0.377 e. The van der Waals surface area contributed by atoms with E-state index in [1.807, 2.05) is 0 Å². The zero-order chi connectivity index (χ0) is 14.0. The Kier molecular flexibility index (Phi) is 4.10. The Labute approximate surface area is 108 Å². The molecule has 9 nitrogen and oxygen atoms in total. The number of aliphatic hydroxyl groups is 2. The zero-order valence-electron chi connectivity index (χ0n) is 10.5. The van der Waals surface area contributed by atoms with Crippen molar-refractivity contribution < 1.29 is 29.2 Å². The van der Waals surface area contributed by atoms with Gasteiger partial charge in [-0.15, -0.1) is 5.10 Å². The number of carbonyl (C=O) groups excluding carboxylic acids is 1. The summed E-state index contributed by atoms with van der Waals surface area (Å²) in [6.07, 6.45) is -1.99. The quantitative estimate of drug-likeness (QED) is 0.625. The average Bonchev–Trinajstić information content (AvgIpc) is 3.01. The molecule has 0 amide bonds. The molecule has 0 aromatic carbocycles. The summed E-state index contributed by atoms with van der Waals surface area (Å²) in [7, 11) is 2.63. The molecule has 1 aromatic heterocycles. The van der Waals surface area contributed by atoms with Gasteiger partial charge in [-0.1, -0.05) is 0 Å². The minimum atomic E-state index is -0.995. The highest BCUT2D eigenvalue weighted by Gasteiger charge is 2.45. The number of methoxy groups -OCH3 is 2. The van der Waals surface area contributed by atoms with Gasteiger partial charge in [0, 0.05) is 7.11 Å². The van der Waals surface area contributed by atoms with Crippen LogP contribution in [0.3, 0.4) is 0 Å². The first-order valence-corrected chi connectivity index (χ1v) is 5.59. The first kappa shape index (κ1) is 13.9. The summed E-state index contributed by atoms with van der Waals surface area (Å²) in [5.41, 5.74) is 0. The number of carbonyl (C=O) groups is 1. The van der Waals surface area contributed by atoms with Gasteiger partial charge < -0.3 is 24.4 Å². The highest BCUT2D eigenvalue weighted by atomic mass is 16.6.